The summed E-state index contributed by atoms with van der Waals surface area (Å²) in [5, 5.41) is 0. The molecule has 0 aromatic heterocycles. The third-order valence-corrected chi connectivity index (χ3v) is 3.13. The van der Waals surface area contributed by atoms with Crippen LogP contribution in [0.25, 0.3) is 0 Å². The van der Waals surface area contributed by atoms with E-state index in [4.69, 9.17) is 14.0 Å². The van der Waals surface area contributed by atoms with E-state index in [0.717, 1.165) is 0 Å². The fourth-order valence-corrected chi connectivity index (χ4v) is 1.80. The molecule has 0 saturated carbocycles. The Labute approximate surface area is 143 Å². The van der Waals surface area contributed by atoms with Crippen LogP contribution >= 0.6 is 0 Å². The topological polar surface area (TPSA) is 133 Å². The van der Waals surface area contributed by atoms with Gasteiger partial charge in [0, 0.05) is 5.57 Å². The Kier molecular flexibility index (Phi) is 7.27. The van der Waals surface area contributed by atoms with Crippen LogP contribution in [0.15, 0.2) is 36.4 Å². The number of benzene rings is 1. The lowest BCUT2D eigenvalue weighted by molar-refractivity contribution is -0.141. The quantitative estimate of drug-likeness (QED) is 0.231. The van der Waals surface area contributed by atoms with Gasteiger partial charge in [-0.05, 0) is 31.2 Å². The zero-order valence-electron chi connectivity index (χ0n) is 13.3. The maximum atomic E-state index is 11.7. The summed E-state index contributed by atoms with van der Waals surface area (Å²) < 4.78 is 43.5. The zero-order valence-corrected chi connectivity index (χ0v) is 14.1. The first-order chi connectivity index (χ1) is 11.6. The van der Waals surface area contributed by atoms with Crippen LogP contribution in [0.3, 0.4) is 0 Å². The van der Waals surface area contributed by atoms with Crippen molar-refractivity contribution in [1.29, 1.82) is 0 Å². The Balaban J connectivity index is 2.41. The van der Waals surface area contributed by atoms with Crippen molar-refractivity contribution in [3.05, 3.63) is 42.0 Å². The number of ether oxygens (including phenoxy) is 3. The molecule has 0 radical (unpaired) electrons. The van der Waals surface area contributed by atoms with E-state index in [-0.39, 0.29) is 30.1 Å². The van der Waals surface area contributed by atoms with Gasteiger partial charge in [0.25, 0.3) is 10.1 Å². The van der Waals surface area contributed by atoms with Gasteiger partial charge >= 0.3 is 17.9 Å². The van der Waals surface area contributed by atoms with E-state index < -0.39 is 33.8 Å². The molecule has 0 unspecified atom stereocenters. The highest BCUT2D eigenvalue weighted by atomic mass is 32.2. The van der Waals surface area contributed by atoms with Gasteiger partial charge < -0.3 is 14.2 Å². The molecular weight excluding hydrogens is 356 g/mol. The lowest BCUT2D eigenvalue weighted by Crippen LogP contribution is -2.20. The molecule has 0 aliphatic rings. The minimum absolute atomic E-state index is 0.166. The molecule has 0 bridgehead atoms. The molecule has 0 aliphatic carbocycles. The standard InChI is InChI=1S/C15H16O9S/c1-10(2)14(17)24-12-5-3-11(4-6-12)15(18)23-8-7-22-13(16)9-25(19,20)21/h3-6H,1,7-9H2,2H3,(H,19,20,21). The molecule has 10 heteroatoms. The van der Waals surface area contributed by atoms with Gasteiger partial charge in [-0.1, -0.05) is 6.58 Å². The Morgan fingerprint density at radius 3 is 2.16 bits per heavy atom. The van der Waals surface area contributed by atoms with Crippen molar-refractivity contribution >= 4 is 28.0 Å². The maximum absolute atomic E-state index is 11.7. The van der Waals surface area contributed by atoms with Crippen LogP contribution < -0.4 is 4.74 Å². The first-order valence-electron chi connectivity index (χ1n) is 6.84. The number of rotatable bonds is 8. The van der Waals surface area contributed by atoms with Gasteiger partial charge in [-0.3, -0.25) is 9.35 Å². The van der Waals surface area contributed by atoms with Crippen molar-refractivity contribution in [3.63, 3.8) is 0 Å². The molecule has 1 rings (SSSR count). The summed E-state index contributed by atoms with van der Waals surface area (Å²) in [5.74, 6) is -3.43. The molecule has 136 valence electrons. The SMILES string of the molecule is C=C(C)C(=O)Oc1ccc(C(=O)OCCOC(=O)CS(=O)(=O)O)cc1. The molecule has 0 spiro atoms. The normalized spacial score (nSPS) is 10.6. The fraction of sp³-hybridized carbons (Fsp3) is 0.267. The molecule has 0 fully saturated rings. The third kappa shape index (κ3) is 8.08. The summed E-state index contributed by atoms with van der Waals surface area (Å²) in [4.78, 5) is 34.1. The van der Waals surface area contributed by atoms with Crippen LogP contribution in [0.1, 0.15) is 17.3 Å². The number of carbonyl (C=O) groups excluding carboxylic acids is 3. The lowest BCUT2D eigenvalue weighted by atomic mass is 10.2. The smallest absolute Gasteiger partial charge is 0.338 e. The average Bonchev–Trinajstić information content (AvgIpc) is 2.50. The van der Waals surface area contributed by atoms with E-state index in [0.29, 0.717) is 0 Å². The number of esters is 3. The largest absolute Gasteiger partial charge is 0.461 e. The Morgan fingerprint density at radius 2 is 1.64 bits per heavy atom. The Bertz CT molecular complexity index is 763. The van der Waals surface area contributed by atoms with Gasteiger partial charge in [0.05, 0.1) is 5.56 Å². The molecule has 0 aliphatic heterocycles. The molecule has 0 amide bonds. The number of hydrogen-bond acceptors (Lipinski definition) is 8. The molecular formula is C15H16O9S. The summed E-state index contributed by atoms with van der Waals surface area (Å²) >= 11 is 0. The minimum atomic E-state index is -4.46. The highest BCUT2D eigenvalue weighted by molar-refractivity contribution is 7.86. The van der Waals surface area contributed by atoms with E-state index in [1.165, 1.54) is 31.2 Å². The summed E-state index contributed by atoms with van der Waals surface area (Å²) in [7, 11) is -4.46. The second-order valence-corrected chi connectivity index (χ2v) is 6.23. The molecule has 9 nitrogen and oxygen atoms in total. The van der Waals surface area contributed by atoms with Crippen LogP contribution in [0, 0.1) is 0 Å². The Morgan fingerprint density at radius 1 is 1.08 bits per heavy atom. The van der Waals surface area contributed by atoms with Crippen LogP contribution in [0.4, 0.5) is 0 Å². The first-order valence-corrected chi connectivity index (χ1v) is 8.45. The van der Waals surface area contributed by atoms with Crippen LogP contribution in [0.5, 0.6) is 5.75 Å². The van der Waals surface area contributed by atoms with Gasteiger partial charge in [-0.15, -0.1) is 0 Å². The second kappa shape index (κ2) is 8.94. The summed E-state index contributed by atoms with van der Waals surface area (Å²) in [6.07, 6.45) is 0. The predicted molar refractivity (Wildman–Crippen MR) is 84.5 cm³/mol. The van der Waals surface area contributed by atoms with Crippen molar-refractivity contribution in [3.8, 4) is 5.75 Å². The van der Waals surface area contributed by atoms with Crippen molar-refractivity contribution in [2.24, 2.45) is 0 Å². The lowest BCUT2D eigenvalue weighted by Gasteiger charge is -2.07. The van der Waals surface area contributed by atoms with Crippen molar-refractivity contribution < 1.29 is 41.6 Å². The molecule has 1 aromatic carbocycles. The van der Waals surface area contributed by atoms with E-state index in [1.807, 2.05) is 0 Å². The minimum Gasteiger partial charge on any atom is -0.461 e. The Hall–Kier alpha value is -2.72. The molecule has 1 N–H and O–H groups in total. The van der Waals surface area contributed by atoms with E-state index in [9.17, 15) is 22.8 Å². The van der Waals surface area contributed by atoms with E-state index >= 15 is 0 Å². The van der Waals surface area contributed by atoms with Crippen molar-refractivity contribution in [2.75, 3.05) is 19.0 Å². The molecule has 0 saturated heterocycles. The highest BCUT2D eigenvalue weighted by Gasteiger charge is 2.14. The van der Waals surface area contributed by atoms with Gasteiger partial charge in [0.15, 0.2) is 5.75 Å². The van der Waals surface area contributed by atoms with Crippen LogP contribution in [-0.4, -0.2) is 49.8 Å². The maximum Gasteiger partial charge on any atom is 0.338 e. The van der Waals surface area contributed by atoms with Gasteiger partial charge in [0.2, 0.25) is 0 Å². The van der Waals surface area contributed by atoms with E-state index in [2.05, 4.69) is 11.3 Å². The monoisotopic (exact) mass is 372 g/mol. The van der Waals surface area contributed by atoms with Crippen molar-refractivity contribution in [2.45, 2.75) is 6.92 Å². The summed E-state index contributed by atoms with van der Waals surface area (Å²) in [6.45, 7) is 4.27. The van der Waals surface area contributed by atoms with Gasteiger partial charge in [-0.25, -0.2) is 9.59 Å². The van der Waals surface area contributed by atoms with E-state index in [1.54, 1.807) is 0 Å². The first kappa shape index (κ1) is 20.3. The van der Waals surface area contributed by atoms with Gasteiger partial charge in [-0.2, -0.15) is 8.42 Å². The molecule has 0 atom stereocenters. The molecule has 1 aromatic rings. The molecule has 0 heterocycles. The third-order valence-electron chi connectivity index (χ3n) is 2.53. The fourth-order valence-electron chi connectivity index (χ4n) is 1.42. The van der Waals surface area contributed by atoms with Crippen LogP contribution in [-0.2, 0) is 29.2 Å². The highest BCUT2D eigenvalue weighted by Crippen LogP contribution is 2.14. The van der Waals surface area contributed by atoms with Crippen molar-refractivity contribution in [1.82, 2.24) is 0 Å². The summed E-state index contributed by atoms with van der Waals surface area (Å²) in [6, 6.07) is 5.52. The van der Waals surface area contributed by atoms with Crippen LogP contribution in [0.2, 0.25) is 0 Å². The number of hydrogen-bond donors (Lipinski definition) is 1. The summed E-state index contributed by atoms with van der Waals surface area (Å²) in [5.41, 5.74) is 0.395. The molecule has 25 heavy (non-hydrogen) atoms. The predicted octanol–water partition coefficient (Wildman–Crippen LogP) is 0.756. The average molecular weight is 372 g/mol. The second-order valence-electron chi connectivity index (χ2n) is 4.78. The van der Waals surface area contributed by atoms with Gasteiger partial charge in [0.1, 0.15) is 19.0 Å². The zero-order chi connectivity index (χ0) is 19.0. The number of carbonyl (C=O) groups is 3.